The van der Waals surface area contributed by atoms with Gasteiger partial charge < -0.3 is 9.47 Å². The van der Waals surface area contributed by atoms with Crippen molar-refractivity contribution < 1.29 is 23.9 Å². The summed E-state index contributed by atoms with van der Waals surface area (Å²) in [6.07, 6.45) is 5.11. The van der Waals surface area contributed by atoms with E-state index in [2.05, 4.69) is 86.3 Å². The van der Waals surface area contributed by atoms with Crippen LogP contribution < -0.4 is 0 Å². The van der Waals surface area contributed by atoms with Gasteiger partial charge in [-0.15, -0.1) is 0 Å². The summed E-state index contributed by atoms with van der Waals surface area (Å²) in [6, 6.07) is 0. The lowest BCUT2D eigenvalue weighted by Crippen LogP contribution is -2.62. The first-order valence-electron chi connectivity index (χ1n) is 13.7. The molecule has 0 aromatic carbocycles. The molecular formula is C28H56N2O5. The molecule has 0 radical (unpaired) electrons. The molecule has 1 fully saturated rings. The quantitative estimate of drug-likeness (QED) is 0.149. The van der Waals surface area contributed by atoms with Gasteiger partial charge in [0.1, 0.15) is 12.2 Å². The number of carbonyl (C=O) groups is 1. The second-order valence-corrected chi connectivity index (χ2v) is 13.1. The van der Waals surface area contributed by atoms with Crippen molar-refractivity contribution in [1.82, 2.24) is 10.1 Å². The van der Waals surface area contributed by atoms with Crippen LogP contribution in [0.1, 0.15) is 128 Å². The Kier molecular flexibility index (Phi) is 12.0. The average Bonchev–Trinajstić information content (AvgIpc) is 2.64. The third kappa shape index (κ3) is 10.2. The first kappa shape index (κ1) is 32.1. The molecule has 1 saturated heterocycles. The molecule has 1 unspecified atom stereocenters. The van der Waals surface area contributed by atoms with Crippen LogP contribution in [0.5, 0.6) is 0 Å². The molecule has 0 amide bonds. The normalized spacial score (nSPS) is 20.1. The number of hydroxylamine groups is 4. The Morgan fingerprint density at radius 3 is 1.97 bits per heavy atom. The molecule has 0 aromatic rings. The molecule has 1 rings (SSSR count). The van der Waals surface area contributed by atoms with Gasteiger partial charge in [-0.2, -0.15) is 10.1 Å². The van der Waals surface area contributed by atoms with Gasteiger partial charge in [0, 0.05) is 41.4 Å². The van der Waals surface area contributed by atoms with Crippen LogP contribution in [0, 0.1) is 0 Å². The smallest absolute Gasteiger partial charge is 0.431 e. The number of rotatable bonds is 13. The number of hydrogen-bond donors (Lipinski definition) is 0. The van der Waals surface area contributed by atoms with Gasteiger partial charge in [0.15, 0.2) is 0 Å². The zero-order valence-corrected chi connectivity index (χ0v) is 25.0. The Bertz CT molecular complexity index is 624. The average molecular weight is 501 g/mol. The molecule has 0 aliphatic carbocycles. The van der Waals surface area contributed by atoms with Crippen LogP contribution in [-0.2, 0) is 19.1 Å². The molecule has 1 atom stereocenters. The van der Waals surface area contributed by atoms with Gasteiger partial charge in [-0.25, -0.2) is 4.79 Å². The minimum atomic E-state index is -0.598. The van der Waals surface area contributed by atoms with E-state index >= 15 is 0 Å². The largest absolute Gasteiger partial charge is 0.508 e. The Morgan fingerprint density at radius 2 is 1.49 bits per heavy atom. The Balaban J connectivity index is 2.73. The minimum absolute atomic E-state index is 0.179. The Labute approximate surface area is 216 Å². The monoisotopic (exact) mass is 500 g/mol. The summed E-state index contributed by atoms with van der Waals surface area (Å²) in [7, 11) is 0. The van der Waals surface area contributed by atoms with Gasteiger partial charge in [0.25, 0.3) is 0 Å². The van der Waals surface area contributed by atoms with E-state index in [0.29, 0.717) is 32.5 Å². The van der Waals surface area contributed by atoms with Crippen LogP contribution in [0.4, 0.5) is 4.79 Å². The zero-order valence-electron chi connectivity index (χ0n) is 25.0. The van der Waals surface area contributed by atoms with Crippen molar-refractivity contribution >= 4 is 6.16 Å². The van der Waals surface area contributed by atoms with Gasteiger partial charge >= 0.3 is 6.16 Å². The first-order valence-corrected chi connectivity index (χ1v) is 13.7. The van der Waals surface area contributed by atoms with E-state index in [-0.39, 0.29) is 34.4 Å². The molecule has 7 heteroatoms. The van der Waals surface area contributed by atoms with Gasteiger partial charge in [0.2, 0.25) is 0 Å². The van der Waals surface area contributed by atoms with E-state index in [1.165, 1.54) is 0 Å². The molecule has 1 heterocycles. The molecule has 0 N–H and O–H groups in total. The number of ether oxygens (including phenoxy) is 2. The molecule has 1 aliphatic heterocycles. The van der Waals surface area contributed by atoms with E-state index in [1.54, 1.807) is 0 Å². The summed E-state index contributed by atoms with van der Waals surface area (Å²) in [4.78, 5) is 25.1. The lowest BCUT2D eigenvalue weighted by molar-refractivity contribution is -0.293. The molecular weight excluding hydrogens is 444 g/mol. The highest BCUT2D eigenvalue weighted by Crippen LogP contribution is 2.40. The number of piperidine rings is 1. The second kappa shape index (κ2) is 13.1. The molecule has 35 heavy (non-hydrogen) atoms. The van der Waals surface area contributed by atoms with E-state index < -0.39 is 6.16 Å². The maximum absolute atomic E-state index is 12.8. The molecule has 0 aromatic heterocycles. The number of unbranched alkanes of at least 4 members (excludes halogenated alkanes) is 2. The predicted molar refractivity (Wildman–Crippen MR) is 142 cm³/mol. The maximum Gasteiger partial charge on any atom is 0.508 e. The summed E-state index contributed by atoms with van der Waals surface area (Å²) in [5, 5.41) is 4.16. The first-order chi connectivity index (χ1) is 16.0. The molecule has 0 spiro atoms. The molecule has 208 valence electrons. The van der Waals surface area contributed by atoms with Crippen molar-refractivity contribution in [2.45, 2.75) is 162 Å². The highest BCUT2D eigenvalue weighted by atomic mass is 16.7. The second-order valence-electron chi connectivity index (χ2n) is 13.1. The highest BCUT2D eigenvalue weighted by Gasteiger charge is 2.48. The third-order valence-electron chi connectivity index (χ3n) is 6.50. The van der Waals surface area contributed by atoms with Crippen molar-refractivity contribution in [3.05, 3.63) is 0 Å². The summed E-state index contributed by atoms with van der Waals surface area (Å²) < 4.78 is 11.6. The minimum Gasteiger partial charge on any atom is -0.431 e. The van der Waals surface area contributed by atoms with Crippen LogP contribution in [0.15, 0.2) is 0 Å². The van der Waals surface area contributed by atoms with E-state index in [0.717, 1.165) is 25.7 Å². The van der Waals surface area contributed by atoms with E-state index in [1.807, 2.05) is 6.92 Å². The standard InChI is InChI=1S/C28H56N2O5/c1-13-15-17-32-29(25(4,5)6)26(7,8)19-22(3)34-24(31)35-23-20-27(9,10)30(28(11,12)21-23)33-18-16-14-2/h22-23H,13-21H2,1-12H3. The van der Waals surface area contributed by atoms with Crippen molar-refractivity contribution in [2.24, 2.45) is 0 Å². The molecule has 7 nitrogen and oxygen atoms in total. The molecule has 0 bridgehead atoms. The maximum atomic E-state index is 12.8. The third-order valence-corrected chi connectivity index (χ3v) is 6.50. The zero-order chi connectivity index (χ0) is 27.1. The van der Waals surface area contributed by atoms with Crippen LogP contribution in [-0.4, -0.2) is 63.9 Å². The van der Waals surface area contributed by atoms with Crippen molar-refractivity contribution in [2.75, 3.05) is 13.2 Å². The summed E-state index contributed by atoms with van der Waals surface area (Å²) >= 11 is 0. The van der Waals surface area contributed by atoms with Crippen molar-refractivity contribution in [3.8, 4) is 0 Å². The van der Waals surface area contributed by atoms with Crippen LogP contribution in [0.25, 0.3) is 0 Å². The van der Waals surface area contributed by atoms with Gasteiger partial charge in [0.05, 0.1) is 13.2 Å². The summed E-state index contributed by atoms with van der Waals surface area (Å²) in [5.74, 6) is 0. The molecule has 0 saturated carbocycles. The van der Waals surface area contributed by atoms with Gasteiger partial charge in [-0.05, 0) is 82.1 Å². The number of carbonyl (C=O) groups excluding carboxylic acids is 1. The van der Waals surface area contributed by atoms with Crippen LogP contribution >= 0.6 is 0 Å². The highest BCUT2D eigenvalue weighted by molar-refractivity contribution is 5.60. The van der Waals surface area contributed by atoms with Crippen molar-refractivity contribution in [3.63, 3.8) is 0 Å². The van der Waals surface area contributed by atoms with E-state index in [4.69, 9.17) is 19.1 Å². The SMILES string of the molecule is CCCCON(C(C)(C)C)C(C)(C)CC(C)OC(=O)OC1CC(C)(C)N(OCCCC)C(C)(C)C1. The lowest BCUT2D eigenvalue weighted by Gasteiger charge is -2.53. The Morgan fingerprint density at radius 1 is 0.971 bits per heavy atom. The van der Waals surface area contributed by atoms with Crippen LogP contribution in [0.3, 0.4) is 0 Å². The van der Waals surface area contributed by atoms with Gasteiger partial charge in [-0.1, -0.05) is 26.7 Å². The topological polar surface area (TPSA) is 60.5 Å². The fourth-order valence-electron chi connectivity index (χ4n) is 5.64. The molecule has 1 aliphatic rings. The number of nitrogens with zero attached hydrogens (tertiary/aromatic N) is 2. The fourth-order valence-corrected chi connectivity index (χ4v) is 5.64. The number of hydrogen-bond acceptors (Lipinski definition) is 7. The lowest BCUT2D eigenvalue weighted by atomic mass is 9.80. The summed E-state index contributed by atoms with van der Waals surface area (Å²) in [6.45, 7) is 26.9. The summed E-state index contributed by atoms with van der Waals surface area (Å²) in [5.41, 5.74) is -1.01. The Hall–Kier alpha value is -0.890. The van der Waals surface area contributed by atoms with Crippen LogP contribution in [0.2, 0.25) is 0 Å². The predicted octanol–water partition coefficient (Wildman–Crippen LogP) is 7.28. The fraction of sp³-hybridized carbons (Fsp3) is 0.964. The van der Waals surface area contributed by atoms with E-state index in [9.17, 15) is 4.79 Å². The van der Waals surface area contributed by atoms with Gasteiger partial charge in [-0.3, -0.25) is 9.68 Å². The van der Waals surface area contributed by atoms with Crippen molar-refractivity contribution in [1.29, 1.82) is 0 Å².